The van der Waals surface area contributed by atoms with Crippen LogP contribution in [0.1, 0.15) is 26.2 Å². The quantitative estimate of drug-likeness (QED) is 0.393. The van der Waals surface area contributed by atoms with Gasteiger partial charge in [0.05, 0.1) is 35.0 Å². The smallest absolute Gasteiger partial charge is 0.262 e. The van der Waals surface area contributed by atoms with Gasteiger partial charge < -0.3 is 9.64 Å². The van der Waals surface area contributed by atoms with Crippen molar-refractivity contribution in [2.24, 2.45) is 0 Å². The summed E-state index contributed by atoms with van der Waals surface area (Å²) in [6, 6.07) is 15.5. The van der Waals surface area contributed by atoms with Gasteiger partial charge in [0.15, 0.2) is 5.16 Å². The Balaban J connectivity index is 1.42. The third kappa shape index (κ3) is 4.83. The summed E-state index contributed by atoms with van der Waals surface area (Å²) in [5.74, 6) is 0.261. The molecule has 1 aromatic heterocycles. The Morgan fingerprint density at radius 1 is 1.18 bits per heavy atom. The van der Waals surface area contributed by atoms with Crippen molar-refractivity contribution >= 4 is 46.0 Å². The van der Waals surface area contributed by atoms with Crippen LogP contribution in [0.25, 0.3) is 10.9 Å². The minimum Gasteiger partial charge on any atom is -0.376 e. The fourth-order valence-electron chi connectivity index (χ4n) is 4.36. The average Bonchev–Trinajstić information content (AvgIpc) is 3.28. The van der Waals surface area contributed by atoms with Gasteiger partial charge >= 0.3 is 0 Å². The van der Waals surface area contributed by atoms with Gasteiger partial charge in [0, 0.05) is 23.3 Å². The van der Waals surface area contributed by atoms with Crippen molar-refractivity contribution in [3.63, 3.8) is 0 Å². The number of carbonyl (C=O) groups excluding carboxylic acids is 1. The molecule has 0 spiro atoms. The van der Waals surface area contributed by atoms with Gasteiger partial charge in [-0.15, -0.1) is 11.8 Å². The highest BCUT2D eigenvalue weighted by Crippen LogP contribution is 2.37. The Kier molecular flexibility index (Phi) is 6.76. The molecule has 5 rings (SSSR count). The summed E-state index contributed by atoms with van der Waals surface area (Å²) in [5, 5.41) is 1.63. The van der Waals surface area contributed by atoms with Crippen LogP contribution in [0.3, 0.4) is 0 Å². The maximum Gasteiger partial charge on any atom is 0.262 e. The summed E-state index contributed by atoms with van der Waals surface area (Å²) in [6.45, 7) is 4.09. The topological polar surface area (TPSA) is 64.4 Å². The highest BCUT2D eigenvalue weighted by Gasteiger charge is 2.25. The number of anilines is 1. The van der Waals surface area contributed by atoms with E-state index in [1.54, 1.807) is 4.57 Å². The number of nitrogens with zero attached hydrogens (tertiary/aromatic N) is 3. The highest BCUT2D eigenvalue weighted by atomic mass is 32.2. The number of carbonyl (C=O) groups is 1. The molecule has 1 fully saturated rings. The lowest BCUT2D eigenvalue weighted by Crippen LogP contribution is -2.34. The van der Waals surface area contributed by atoms with Gasteiger partial charge in [-0.2, -0.15) is 0 Å². The average molecular weight is 482 g/mol. The molecule has 1 saturated heterocycles. The number of rotatable bonds is 5. The molecule has 0 bridgehead atoms. The first-order valence-electron chi connectivity index (χ1n) is 11.4. The van der Waals surface area contributed by atoms with Crippen LogP contribution in [0.2, 0.25) is 0 Å². The van der Waals surface area contributed by atoms with Gasteiger partial charge in [-0.1, -0.05) is 43.0 Å². The van der Waals surface area contributed by atoms with Crippen molar-refractivity contribution < 1.29 is 9.53 Å². The number of benzene rings is 2. The lowest BCUT2D eigenvalue weighted by atomic mass is 10.2. The van der Waals surface area contributed by atoms with Crippen LogP contribution in [-0.2, 0) is 16.1 Å². The maximum absolute atomic E-state index is 13.4. The van der Waals surface area contributed by atoms with Crippen molar-refractivity contribution in [3.05, 3.63) is 58.9 Å². The van der Waals surface area contributed by atoms with Crippen LogP contribution in [-0.4, -0.2) is 45.7 Å². The first kappa shape index (κ1) is 22.5. The minimum atomic E-state index is -0.0728. The number of aromatic nitrogens is 2. The number of amides is 1. The van der Waals surface area contributed by atoms with Gasteiger partial charge in [0.25, 0.3) is 5.56 Å². The second kappa shape index (κ2) is 9.91. The summed E-state index contributed by atoms with van der Waals surface area (Å²) in [4.78, 5) is 34.4. The summed E-state index contributed by atoms with van der Waals surface area (Å²) < 4.78 is 7.49. The molecule has 0 saturated carbocycles. The Hall–Kier alpha value is -2.29. The molecular weight excluding hydrogens is 454 g/mol. The first-order valence-corrected chi connectivity index (χ1v) is 13.3. The van der Waals surface area contributed by atoms with E-state index in [2.05, 4.69) is 13.0 Å². The molecule has 172 valence electrons. The third-order valence-corrected chi connectivity index (χ3v) is 8.30. The molecular formula is C25H27N3O3S2. The van der Waals surface area contributed by atoms with Crippen LogP contribution in [0.4, 0.5) is 5.69 Å². The minimum absolute atomic E-state index is 0.0108. The van der Waals surface area contributed by atoms with E-state index >= 15 is 0 Å². The number of hydrogen-bond donors (Lipinski definition) is 0. The molecule has 2 aliphatic heterocycles. The van der Waals surface area contributed by atoms with Crippen molar-refractivity contribution in [2.75, 3.05) is 23.8 Å². The predicted octanol–water partition coefficient (Wildman–Crippen LogP) is 4.59. The fourth-order valence-corrected chi connectivity index (χ4v) is 6.36. The lowest BCUT2D eigenvalue weighted by molar-refractivity contribution is -0.116. The largest absolute Gasteiger partial charge is 0.376 e. The molecule has 0 radical (unpaired) electrons. The number of para-hydroxylation sites is 2. The van der Waals surface area contributed by atoms with Crippen LogP contribution in [0, 0.1) is 0 Å². The van der Waals surface area contributed by atoms with Crippen LogP contribution in [0.5, 0.6) is 0 Å². The summed E-state index contributed by atoms with van der Waals surface area (Å²) >= 11 is 3.16. The van der Waals surface area contributed by atoms with E-state index in [1.807, 2.05) is 59.1 Å². The van der Waals surface area contributed by atoms with E-state index < -0.39 is 0 Å². The Morgan fingerprint density at radius 3 is 2.85 bits per heavy atom. The molecule has 3 aromatic rings. The number of ether oxygens (including phenoxy) is 1. The standard InChI is InChI=1S/C25H27N3O3S2/c1-17-12-13-27(21-10-4-5-11-22(21)33-17)23(29)16-32-25-26-20-9-3-2-8-19(20)24(30)28(25)15-18-7-6-14-31-18/h2-5,8-11,17-18H,6-7,12-16H2,1H3. The normalized spacial score (nSPS) is 20.6. The molecule has 2 unspecified atom stereocenters. The predicted molar refractivity (Wildman–Crippen MR) is 134 cm³/mol. The molecule has 3 heterocycles. The molecule has 0 aliphatic carbocycles. The van der Waals surface area contributed by atoms with Crippen molar-refractivity contribution in [1.82, 2.24) is 9.55 Å². The number of hydrogen-bond acceptors (Lipinski definition) is 6. The van der Waals surface area contributed by atoms with Crippen LogP contribution >= 0.6 is 23.5 Å². The second-order valence-electron chi connectivity index (χ2n) is 8.48. The number of fused-ring (bicyclic) bond motifs is 2. The van der Waals surface area contributed by atoms with Gasteiger partial charge in [0.1, 0.15) is 0 Å². The Morgan fingerprint density at radius 2 is 2.00 bits per heavy atom. The van der Waals surface area contributed by atoms with E-state index in [-0.39, 0.29) is 23.3 Å². The van der Waals surface area contributed by atoms with E-state index in [0.717, 1.165) is 36.5 Å². The Labute approximate surface area is 201 Å². The Bertz CT molecular complexity index is 1220. The summed E-state index contributed by atoms with van der Waals surface area (Å²) in [7, 11) is 0. The highest BCUT2D eigenvalue weighted by molar-refractivity contribution is 8.00. The van der Waals surface area contributed by atoms with Gasteiger partial charge in [-0.25, -0.2) is 4.98 Å². The van der Waals surface area contributed by atoms with E-state index in [9.17, 15) is 9.59 Å². The fraction of sp³-hybridized carbons (Fsp3) is 0.400. The molecule has 0 N–H and O–H groups in total. The molecule has 6 nitrogen and oxygen atoms in total. The third-order valence-electron chi connectivity index (χ3n) is 6.11. The van der Waals surface area contributed by atoms with E-state index in [0.29, 0.717) is 34.4 Å². The molecule has 2 aliphatic rings. The zero-order valence-corrected chi connectivity index (χ0v) is 20.2. The maximum atomic E-state index is 13.4. The summed E-state index contributed by atoms with van der Waals surface area (Å²) in [6.07, 6.45) is 2.89. The second-order valence-corrected chi connectivity index (χ2v) is 10.9. The number of thioether (sulfide) groups is 2. The van der Waals surface area contributed by atoms with Crippen molar-refractivity contribution in [2.45, 2.75) is 54.1 Å². The van der Waals surface area contributed by atoms with Crippen molar-refractivity contribution in [1.29, 1.82) is 0 Å². The zero-order valence-electron chi connectivity index (χ0n) is 18.6. The molecule has 2 aromatic carbocycles. The van der Waals surface area contributed by atoms with E-state index in [4.69, 9.17) is 9.72 Å². The van der Waals surface area contributed by atoms with Gasteiger partial charge in [-0.05, 0) is 43.5 Å². The van der Waals surface area contributed by atoms with Crippen LogP contribution < -0.4 is 10.5 Å². The van der Waals surface area contributed by atoms with Gasteiger partial charge in [0.2, 0.25) is 5.91 Å². The van der Waals surface area contributed by atoms with E-state index in [1.165, 1.54) is 11.8 Å². The zero-order chi connectivity index (χ0) is 22.8. The monoisotopic (exact) mass is 481 g/mol. The van der Waals surface area contributed by atoms with Crippen LogP contribution in [0.15, 0.2) is 63.4 Å². The van der Waals surface area contributed by atoms with Gasteiger partial charge in [-0.3, -0.25) is 14.2 Å². The molecule has 33 heavy (non-hydrogen) atoms. The molecule has 1 amide bonds. The SMILES string of the molecule is CC1CCN(C(=O)CSc2nc3ccccc3c(=O)n2CC2CCCO2)c2ccccc2S1. The first-order chi connectivity index (χ1) is 16.1. The lowest BCUT2D eigenvalue weighted by Gasteiger charge is -2.23. The molecule has 8 heteroatoms. The summed E-state index contributed by atoms with van der Waals surface area (Å²) in [5.41, 5.74) is 1.56. The van der Waals surface area contributed by atoms with Crippen molar-refractivity contribution in [3.8, 4) is 0 Å². The molecule has 2 atom stereocenters.